The summed E-state index contributed by atoms with van der Waals surface area (Å²) >= 11 is 2.29. The average molecular weight is 317 g/mol. The van der Waals surface area contributed by atoms with Crippen molar-refractivity contribution in [2.24, 2.45) is 0 Å². The van der Waals surface area contributed by atoms with Gasteiger partial charge < -0.3 is 10.4 Å². The van der Waals surface area contributed by atoms with Gasteiger partial charge in [0.2, 0.25) is 0 Å². The van der Waals surface area contributed by atoms with E-state index in [-0.39, 0.29) is 12.1 Å². The molecule has 1 fully saturated rings. The molecule has 15 heavy (non-hydrogen) atoms. The van der Waals surface area contributed by atoms with E-state index in [0.29, 0.717) is 6.04 Å². The van der Waals surface area contributed by atoms with Crippen LogP contribution in [0.3, 0.4) is 0 Å². The molecule has 1 aliphatic carbocycles. The van der Waals surface area contributed by atoms with Gasteiger partial charge in [-0.1, -0.05) is 12.1 Å². The van der Waals surface area contributed by atoms with E-state index in [4.69, 9.17) is 0 Å². The maximum Gasteiger partial charge on any atom is 0.0652 e. The monoisotopic (exact) mass is 317 g/mol. The molecule has 0 heterocycles. The predicted octanol–water partition coefficient (Wildman–Crippen LogP) is 2.25. The number of nitrogens with one attached hydrogen (secondary N) is 1. The zero-order chi connectivity index (χ0) is 10.9. The fourth-order valence-corrected chi connectivity index (χ4v) is 2.08. The van der Waals surface area contributed by atoms with Crippen LogP contribution in [0.4, 0.5) is 0 Å². The van der Waals surface area contributed by atoms with E-state index in [1.54, 1.807) is 0 Å². The fourth-order valence-electron chi connectivity index (χ4n) is 1.72. The summed E-state index contributed by atoms with van der Waals surface area (Å²) in [5.41, 5.74) is 0.878. The Kier molecular flexibility index (Phi) is 3.33. The van der Waals surface area contributed by atoms with Crippen molar-refractivity contribution in [1.82, 2.24) is 5.32 Å². The second kappa shape index (κ2) is 4.39. The SMILES string of the molecule is CC(CO)(NC1CC1)c1ccc(I)cc1. The number of benzene rings is 1. The Bertz CT molecular complexity index is 334. The van der Waals surface area contributed by atoms with E-state index in [0.717, 1.165) is 5.56 Å². The Labute approximate surface area is 104 Å². The molecule has 1 aromatic rings. The fraction of sp³-hybridized carbons (Fsp3) is 0.500. The lowest BCUT2D eigenvalue weighted by Gasteiger charge is -2.29. The van der Waals surface area contributed by atoms with Crippen molar-refractivity contribution in [2.45, 2.75) is 31.3 Å². The summed E-state index contributed by atoms with van der Waals surface area (Å²) in [6, 6.07) is 8.94. The van der Waals surface area contributed by atoms with Gasteiger partial charge in [0.15, 0.2) is 0 Å². The third kappa shape index (κ3) is 2.71. The van der Waals surface area contributed by atoms with Crippen LogP contribution >= 0.6 is 22.6 Å². The molecule has 2 nitrogen and oxygen atoms in total. The van der Waals surface area contributed by atoms with Gasteiger partial charge in [-0.2, -0.15) is 0 Å². The molecule has 1 aromatic carbocycles. The molecular formula is C12H16INO. The molecular weight excluding hydrogens is 301 g/mol. The summed E-state index contributed by atoms with van der Waals surface area (Å²) < 4.78 is 1.23. The van der Waals surface area contributed by atoms with Crippen LogP contribution in [0.25, 0.3) is 0 Å². The van der Waals surface area contributed by atoms with Crippen molar-refractivity contribution in [3.8, 4) is 0 Å². The molecule has 0 aliphatic heterocycles. The first-order valence-corrected chi connectivity index (χ1v) is 6.36. The lowest BCUT2D eigenvalue weighted by molar-refractivity contribution is 0.173. The molecule has 0 radical (unpaired) electrons. The average Bonchev–Trinajstić information content (AvgIpc) is 3.02. The van der Waals surface area contributed by atoms with Gasteiger partial charge in [0.1, 0.15) is 0 Å². The molecule has 1 unspecified atom stereocenters. The summed E-state index contributed by atoms with van der Waals surface area (Å²) in [5.74, 6) is 0. The zero-order valence-corrected chi connectivity index (χ0v) is 11.0. The van der Waals surface area contributed by atoms with Crippen molar-refractivity contribution in [1.29, 1.82) is 0 Å². The molecule has 1 aliphatic rings. The molecule has 0 amide bonds. The van der Waals surface area contributed by atoms with Gasteiger partial charge in [0.05, 0.1) is 12.1 Å². The minimum absolute atomic E-state index is 0.143. The third-order valence-corrected chi connectivity index (χ3v) is 3.62. The van der Waals surface area contributed by atoms with Crippen LogP contribution in [0.5, 0.6) is 0 Å². The first kappa shape index (κ1) is 11.4. The number of hydrogen-bond donors (Lipinski definition) is 2. The number of aliphatic hydroxyl groups is 1. The van der Waals surface area contributed by atoms with Crippen molar-refractivity contribution >= 4 is 22.6 Å². The number of aliphatic hydroxyl groups excluding tert-OH is 1. The Hall–Kier alpha value is -0.130. The summed E-state index contributed by atoms with van der Waals surface area (Å²) in [4.78, 5) is 0. The van der Waals surface area contributed by atoms with Gasteiger partial charge in [0.25, 0.3) is 0 Å². The molecule has 2 rings (SSSR count). The second-order valence-electron chi connectivity index (χ2n) is 4.42. The lowest BCUT2D eigenvalue weighted by atomic mass is 9.93. The Morgan fingerprint density at radius 1 is 1.40 bits per heavy atom. The smallest absolute Gasteiger partial charge is 0.0652 e. The number of rotatable bonds is 4. The highest BCUT2D eigenvalue weighted by Gasteiger charge is 2.33. The van der Waals surface area contributed by atoms with E-state index in [1.165, 1.54) is 16.4 Å². The molecule has 3 heteroatoms. The maximum atomic E-state index is 9.52. The maximum absolute atomic E-state index is 9.52. The van der Waals surface area contributed by atoms with E-state index in [2.05, 4.69) is 59.1 Å². The van der Waals surface area contributed by atoms with E-state index in [9.17, 15) is 5.11 Å². The van der Waals surface area contributed by atoms with Gasteiger partial charge in [-0.05, 0) is 60.1 Å². The van der Waals surface area contributed by atoms with Gasteiger partial charge in [0, 0.05) is 9.61 Å². The normalized spacial score (nSPS) is 19.9. The quantitative estimate of drug-likeness (QED) is 0.835. The molecule has 0 aromatic heterocycles. The van der Waals surface area contributed by atoms with Crippen LogP contribution in [0.15, 0.2) is 24.3 Å². The molecule has 2 N–H and O–H groups in total. The van der Waals surface area contributed by atoms with Crippen LogP contribution in [0.2, 0.25) is 0 Å². The number of hydrogen-bond acceptors (Lipinski definition) is 2. The van der Waals surface area contributed by atoms with Crippen LogP contribution in [0.1, 0.15) is 25.3 Å². The molecule has 0 bridgehead atoms. The van der Waals surface area contributed by atoms with Gasteiger partial charge >= 0.3 is 0 Å². The topological polar surface area (TPSA) is 32.3 Å². The summed E-state index contributed by atoms with van der Waals surface area (Å²) in [7, 11) is 0. The van der Waals surface area contributed by atoms with E-state index >= 15 is 0 Å². The number of halogens is 1. The van der Waals surface area contributed by atoms with Gasteiger partial charge in [-0.25, -0.2) is 0 Å². The van der Waals surface area contributed by atoms with Crippen molar-refractivity contribution in [2.75, 3.05) is 6.61 Å². The van der Waals surface area contributed by atoms with Crippen molar-refractivity contribution in [3.63, 3.8) is 0 Å². The highest BCUT2D eigenvalue weighted by Crippen LogP contribution is 2.28. The second-order valence-corrected chi connectivity index (χ2v) is 5.66. The highest BCUT2D eigenvalue weighted by atomic mass is 127. The minimum Gasteiger partial charge on any atom is -0.394 e. The van der Waals surface area contributed by atoms with Crippen LogP contribution in [-0.2, 0) is 5.54 Å². The summed E-state index contributed by atoms with van der Waals surface area (Å²) in [5, 5.41) is 13.0. The van der Waals surface area contributed by atoms with Gasteiger partial charge in [-0.3, -0.25) is 0 Å². The minimum atomic E-state index is -0.286. The predicted molar refractivity (Wildman–Crippen MR) is 69.8 cm³/mol. The molecule has 0 spiro atoms. The van der Waals surface area contributed by atoms with Crippen LogP contribution < -0.4 is 5.32 Å². The van der Waals surface area contributed by atoms with Crippen LogP contribution in [0, 0.1) is 3.57 Å². The standard InChI is InChI=1S/C12H16INO/c1-12(8-15,14-11-6-7-11)9-2-4-10(13)5-3-9/h2-5,11,14-15H,6-8H2,1H3. The molecule has 0 saturated heterocycles. The van der Waals surface area contributed by atoms with Gasteiger partial charge in [-0.15, -0.1) is 0 Å². The van der Waals surface area contributed by atoms with Crippen molar-refractivity contribution in [3.05, 3.63) is 33.4 Å². The summed E-state index contributed by atoms with van der Waals surface area (Å²) in [6.07, 6.45) is 2.47. The lowest BCUT2D eigenvalue weighted by Crippen LogP contribution is -2.44. The largest absolute Gasteiger partial charge is 0.394 e. The summed E-state index contributed by atoms with van der Waals surface area (Å²) in [6.45, 7) is 2.21. The Morgan fingerprint density at radius 2 is 2.00 bits per heavy atom. The molecule has 1 atom stereocenters. The highest BCUT2D eigenvalue weighted by molar-refractivity contribution is 14.1. The Balaban J connectivity index is 2.19. The first-order chi connectivity index (χ1) is 7.14. The van der Waals surface area contributed by atoms with Crippen molar-refractivity contribution < 1.29 is 5.11 Å². The first-order valence-electron chi connectivity index (χ1n) is 5.29. The Morgan fingerprint density at radius 3 is 2.47 bits per heavy atom. The van der Waals surface area contributed by atoms with E-state index in [1.807, 2.05) is 0 Å². The molecule has 82 valence electrons. The van der Waals surface area contributed by atoms with E-state index < -0.39 is 0 Å². The molecule has 1 saturated carbocycles. The van der Waals surface area contributed by atoms with Crippen LogP contribution in [-0.4, -0.2) is 17.8 Å². The third-order valence-electron chi connectivity index (χ3n) is 2.90. The zero-order valence-electron chi connectivity index (χ0n) is 8.83.